The first-order chi connectivity index (χ1) is 17.2. The first-order valence-corrected chi connectivity index (χ1v) is 13.0. The van der Waals surface area contributed by atoms with Crippen LogP contribution in [0.15, 0.2) is 54.6 Å². The summed E-state index contributed by atoms with van der Waals surface area (Å²) in [6.07, 6.45) is 4.31. The quantitative estimate of drug-likeness (QED) is 0.615. The second kappa shape index (κ2) is 11.2. The Labute approximate surface area is 208 Å². The van der Waals surface area contributed by atoms with Gasteiger partial charge in [-0.1, -0.05) is 42.8 Å². The number of benzene rings is 2. The Morgan fingerprint density at radius 3 is 2.06 bits per heavy atom. The molecule has 0 spiro atoms. The van der Waals surface area contributed by atoms with Crippen LogP contribution < -0.4 is 4.74 Å². The summed E-state index contributed by atoms with van der Waals surface area (Å²) in [5, 5.41) is 0. The van der Waals surface area contributed by atoms with E-state index in [1.54, 1.807) is 0 Å². The van der Waals surface area contributed by atoms with E-state index in [0.717, 1.165) is 56.6 Å². The van der Waals surface area contributed by atoms with E-state index in [-0.39, 0.29) is 11.8 Å². The minimum absolute atomic E-state index is 0.104. The minimum Gasteiger partial charge on any atom is -0.457 e. The second-order valence-electron chi connectivity index (χ2n) is 9.86. The van der Waals surface area contributed by atoms with E-state index in [2.05, 4.69) is 9.80 Å². The zero-order valence-electron chi connectivity index (χ0n) is 20.5. The fourth-order valence-electron chi connectivity index (χ4n) is 5.17. The second-order valence-corrected chi connectivity index (χ2v) is 9.86. The Morgan fingerprint density at radius 2 is 1.37 bits per heavy atom. The van der Waals surface area contributed by atoms with E-state index in [9.17, 15) is 9.59 Å². The van der Waals surface area contributed by atoms with E-state index < -0.39 is 0 Å². The standard InChI is InChI=1S/C28H36N4O3/c33-27(21-23-7-4-5-12-26(23)35-25-10-2-1-3-11-25)31-15-13-29(14-16-31)22-28(34)32-19-17-30(18-20-32)24-8-6-9-24/h1-5,7,10-12,24H,6,8-9,13-22H2. The predicted molar refractivity (Wildman–Crippen MR) is 135 cm³/mol. The highest BCUT2D eigenvalue weighted by atomic mass is 16.5. The summed E-state index contributed by atoms with van der Waals surface area (Å²) in [6, 6.07) is 18.1. The Morgan fingerprint density at radius 1 is 0.743 bits per heavy atom. The van der Waals surface area contributed by atoms with Crippen LogP contribution in [0.3, 0.4) is 0 Å². The van der Waals surface area contributed by atoms with Crippen molar-refractivity contribution in [3.8, 4) is 11.5 Å². The van der Waals surface area contributed by atoms with Gasteiger partial charge in [0.1, 0.15) is 11.5 Å². The van der Waals surface area contributed by atoms with Gasteiger partial charge in [0, 0.05) is 64.0 Å². The molecule has 2 aromatic rings. The lowest BCUT2D eigenvalue weighted by molar-refractivity contribution is -0.136. The van der Waals surface area contributed by atoms with Crippen LogP contribution in [-0.4, -0.2) is 96.4 Å². The summed E-state index contributed by atoms with van der Waals surface area (Å²) in [4.78, 5) is 34.6. The van der Waals surface area contributed by atoms with Crippen molar-refractivity contribution >= 4 is 11.8 Å². The molecule has 3 fully saturated rings. The van der Waals surface area contributed by atoms with Crippen molar-refractivity contribution in [3.63, 3.8) is 0 Å². The molecule has 186 valence electrons. The van der Waals surface area contributed by atoms with Crippen molar-refractivity contribution in [3.05, 3.63) is 60.2 Å². The number of piperazine rings is 2. The summed E-state index contributed by atoms with van der Waals surface area (Å²) in [6.45, 7) is 6.95. The largest absolute Gasteiger partial charge is 0.457 e. The van der Waals surface area contributed by atoms with Gasteiger partial charge in [0.25, 0.3) is 0 Å². The molecular formula is C28H36N4O3. The van der Waals surface area contributed by atoms with Gasteiger partial charge in [0.15, 0.2) is 0 Å². The molecule has 35 heavy (non-hydrogen) atoms. The number of carbonyl (C=O) groups is 2. The predicted octanol–water partition coefficient (Wildman–Crippen LogP) is 2.86. The van der Waals surface area contributed by atoms with Gasteiger partial charge in [0.2, 0.25) is 11.8 Å². The molecule has 3 aliphatic rings. The molecule has 0 unspecified atom stereocenters. The average Bonchev–Trinajstić information content (AvgIpc) is 2.86. The molecule has 7 nitrogen and oxygen atoms in total. The van der Waals surface area contributed by atoms with Gasteiger partial charge in [-0.25, -0.2) is 0 Å². The number of nitrogens with zero attached hydrogens (tertiary/aromatic N) is 4. The summed E-state index contributed by atoms with van der Waals surface area (Å²) in [5.74, 6) is 1.81. The molecule has 2 saturated heterocycles. The lowest BCUT2D eigenvalue weighted by Crippen LogP contribution is -2.56. The molecule has 1 aliphatic carbocycles. The van der Waals surface area contributed by atoms with E-state index >= 15 is 0 Å². The molecule has 2 amide bonds. The number of para-hydroxylation sites is 2. The maximum Gasteiger partial charge on any atom is 0.236 e. The van der Waals surface area contributed by atoms with Gasteiger partial charge in [-0.15, -0.1) is 0 Å². The van der Waals surface area contributed by atoms with Gasteiger partial charge in [0.05, 0.1) is 13.0 Å². The van der Waals surface area contributed by atoms with E-state index in [1.165, 1.54) is 19.3 Å². The Bertz CT molecular complexity index is 994. The van der Waals surface area contributed by atoms with Gasteiger partial charge in [-0.05, 0) is 31.0 Å². The summed E-state index contributed by atoms with van der Waals surface area (Å²) in [7, 11) is 0. The number of hydrogen-bond acceptors (Lipinski definition) is 5. The van der Waals surface area contributed by atoms with Gasteiger partial charge < -0.3 is 14.5 Å². The third-order valence-electron chi connectivity index (χ3n) is 7.63. The van der Waals surface area contributed by atoms with Crippen LogP contribution in [-0.2, 0) is 16.0 Å². The smallest absolute Gasteiger partial charge is 0.236 e. The monoisotopic (exact) mass is 476 g/mol. The molecule has 2 heterocycles. The van der Waals surface area contributed by atoms with Crippen LogP contribution in [0.4, 0.5) is 0 Å². The Hall–Kier alpha value is -2.90. The molecule has 2 aromatic carbocycles. The zero-order valence-corrected chi connectivity index (χ0v) is 20.5. The van der Waals surface area contributed by atoms with Gasteiger partial charge >= 0.3 is 0 Å². The maximum absolute atomic E-state index is 13.0. The first kappa shape index (κ1) is 23.8. The lowest BCUT2D eigenvalue weighted by Gasteiger charge is -2.43. The number of rotatable bonds is 7. The number of hydrogen-bond donors (Lipinski definition) is 0. The molecule has 1 saturated carbocycles. The number of carbonyl (C=O) groups excluding carboxylic acids is 2. The molecule has 7 heteroatoms. The van der Waals surface area contributed by atoms with Crippen LogP contribution in [0.5, 0.6) is 11.5 Å². The highest BCUT2D eigenvalue weighted by Crippen LogP contribution is 2.27. The number of ether oxygens (including phenoxy) is 1. The molecule has 0 aromatic heterocycles. The molecule has 0 radical (unpaired) electrons. The topological polar surface area (TPSA) is 56.3 Å². The fourth-order valence-corrected chi connectivity index (χ4v) is 5.17. The van der Waals surface area contributed by atoms with Crippen molar-refractivity contribution in [2.24, 2.45) is 0 Å². The molecule has 2 aliphatic heterocycles. The van der Waals surface area contributed by atoms with Crippen LogP contribution in [0.1, 0.15) is 24.8 Å². The Kier molecular flexibility index (Phi) is 7.64. The van der Waals surface area contributed by atoms with Gasteiger partial charge in [-0.3, -0.25) is 19.4 Å². The highest BCUT2D eigenvalue weighted by Gasteiger charge is 2.30. The van der Waals surface area contributed by atoms with Crippen LogP contribution in [0, 0.1) is 0 Å². The van der Waals surface area contributed by atoms with Crippen LogP contribution >= 0.6 is 0 Å². The normalized spacial score (nSPS) is 19.9. The number of amides is 2. The Balaban J connectivity index is 1.07. The van der Waals surface area contributed by atoms with Crippen LogP contribution in [0.2, 0.25) is 0 Å². The third kappa shape index (κ3) is 6.03. The van der Waals surface area contributed by atoms with E-state index in [1.807, 2.05) is 64.4 Å². The zero-order chi connectivity index (χ0) is 24.0. The summed E-state index contributed by atoms with van der Waals surface area (Å²) >= 11 is 0. The van der Waals surface area contributed by atoms with Crippen molar-refractivity contribution in [2.45, 2.75) is 31.7 Å². The van der Waals surface area contributed by atoms with Crippen LogP contribution in [0.25, 0.3) is 0 Å². The maximum atomic E-state index is 13.0. The minimum atomic E-state index is 0.104. The molecule has 0 atom stereocenters. The average molecular weight is 477 g/mol. The summed E-state index contributed by atoms with van der Waals surface area (Å²) < 4.78 is 6.02. The van der Waals surface area contributed by atoms with E-state index in [4.69, 9.17) is 4.74 Å². The van der Waals surface area contributed by atoms with Gasteiger partial charge in [-0.2, -0.15) is 0 Å². The summed E-state index contributed by atoms with van der Waals surface area (Å²) in [5.41, 5.74) is 0.889. The van der Waals surface area contributed by atoms with Crippen molar-refractivity contribution in [1.29, 1.82) is 0 Å². The fraction of sp³-hybridized carbons (Fsp3) is 0.500. The highest BCUT2D eigenvalue weighted by molar-refractivity contribution is 5.80. The molecule has 0 N–H and O–H groups in total. The molecule has 5 rings (SSSR count). The molecular weight excluding hydrogens is 440 g/mol. The molecule has 0 bridgehead atoms. The SMILES string of the molecule is O=C(Cc1ccccc1Oc1ccccc1)N1CCN(CC(=O)N2CCN(C3CCC3)CC2)CC1. The van der Waals surface area contributed by atoms with E-state index in [0.29, 0.717) is 31.8 Å². The van der Waals surface area contributed by atoms with Crippen molar-refractivity contribution < 1.29 is 14.3 Å². The van der Waals surface area contributed by atoms with Crippen molar-refractivity contribution in [1.82, 2.24) is 19.6 Å². The first-order valence-electron chi connectivity index (χ1n) is 13.0. The third-order valence-corrected chi connectivity index (χ3v) is 7.63. The van der Waals surface area contributed by atoms with Crippen molar-refractivity contribution in [2.75, 3.05) is 58.9 Å². The lowest BCUT2D eigenvalue weighted by atomic mass is 9.91.